The smallest absolute Gasteiger partial charge is 0.337 e. The lowest BCUT2D eigenvalue weighted by atomic mass is 10.1. The van der Waals surface area contributed by atoms with Crippen molar-refractivity contribution >= 4 is 40.1 Å². The van der Waals surface area contributed by atoms with Crippen LogP contribution in [0, 0.1) is 12.7 Å². The molecule has 0 aliphatic heterocycles. The van der Waals surface area contributed by atoms with E-state index in [1.165, 1.54) is 19.2 Å². The van der Waals surface area contributed by atoms with Crippen molar-refractivity contribution in [2.24, 2.45) is 0 Å². The number of hydrogen-bond acceptors (Lipinski definition) is 4. The van der Waals surface area contributed by atoms with Crippen molar-refractivity contribution in [1.82, 2.24) is 0 Å². The molecule has 0 spiro atoms. The first-order valence-electron chi connectivity index (χ1n) is 7.28. The van der Waals surface area contributed by atoms with Gasteiger partial charge in [0.2, 0.25) is 0 Å². The van der Waals surface area contributed by atoms with Crippen LogP contribution in [0.15, 0.2) is 40.8 Å². The lowest BCUT2D eigenvalue weighted by Crippen LogP contribution is -2.14. The van der Waals surface area contributed by atoms with Gasteiger partial charge >= 0.3 is 5.97 Å². The molecular formula is C18H13ClFNO4. The fraction of sp³-hybridized carbons (Fsp3) is 0.111. The summed E-state index contributed by atoms with van der Waals surface area (Å²) in [6, 6.07) is 8.53. The number of ether oxygens (including phenoxy) is 1. The number of nitrogens with one attached hydrogen (secondary N) is 1. The number of aryl methyl sites for hydroxylation is 1. The van der Waals surface area contributed by atoms with Gasteiger partial charge in [-0.3, -0.25) is 4.79 Å². The molecule has 0 bridgehead atoms. The molecule has 1 amide bonds. The number of rotatable bonds is 3. The summed E-state index contributed by atoms with van der Waals surface area (Å²) in [4.78, 5) is 24.0. The minimum absolute atomic E-state index is 0.0418. The van der Waals surface area contributed by atoms with E-state index in [-0.39, 0.29) is 17.0 Å². The molecule has 7 heteroatoms. The first-order chi connectivity index (χ1) is 11.9. The number of furan rings is 1. The predicted octanol–water partition coefficient (Wildman–Crippen LogP) is 4.57. The van der Waals surface area contributed by atoms with Gasteiger partial charge in [-0.1, -0.05) is 11.6 Å². The van der Waals surface area contributed by atoms with Gasteiger partial charge in [0.25, 0.3) is 5.91 Å². The first-order valence-corrected chi connectivity index (χ1v) is 7.66. The summed E-state index contributed by atoms with van der Waals surface area (Å²) in [5.41, 5.74) is 1.05. The molecule has 0 radical (unpaired) electrons. The molecular weight excluding hydrogens is 349 g/mol. The van der Waals surface area contributed by atoms with E-state index >= 15 is 0 Å². The van der Waals surface area contributed by atoms with Crippen LogP contribution in [0.2, 0.25) is 5.02 Å². The van der Waals surface area contributed by atoms with E-state index in [1.807, 2.05) is 0 Å². The third-order valence-electron chi connectivity index (χ3n) is 3.74. The molecule has 0 unspecified atom stereocenters. The minimum atomic E-state index is -0.683. The molecule has 0 fully saturated rings. The normalized spacial score (nSPS) is 10.7. The van der Waals surface area contributed by atoms with Crippen molar-refractivity contribution in [3.63, 3.8) is 0 Å². The maximum absolute atomic E-state index is 14.0. The zero-order valence-electron chi connectivity index (χ0n) is 13.4. The number of methoxy groups -OCH3 is 1. The van der Waals surface area contributed by atoms with Crippen LogP contribution in [0.5, 0.6) is 0 Å². The van der Waals surface area contributed by atoms with Crippen LogP contribution in [-0.2, 0) is 4.74 Å². The molecule has 25 heavy (non-hydrogen) atoms. The highest BCUT2D eigenvalue weighted by Crippen LogP contribution is 2.28. The van der Waals surface area contributed by atoms with Crippen molar-refractivity contribution in [2.75, 3.05) is 12.4 Å². The Balaban J connectivity index is 1.95. The van der Waals surface area contributed by atoms with Gasteiger partial charge in [-0.25, -0.2) is 9.18 Å². The average Bonchev–Trinajstić information content (AvgIpc) is 2.92. The van der Waals surface area contributed by atoms with Gasteiger partial charge < -0.3 is 14.5 Å². The molecule has 2 aromatic carbocycles. The number of fused-ring (bicyclic) bond motifs is 1. The topological polar surface area (TPSA) is 68.5 Å². The lowest BCUT2D eigenvalue weighted by Gasteiger charge is -2.07. The summed E-state index contributed by atoms with van der Waals surface area (Å²) >= 11 is 5.96. The van der Waals surface area contributed by atoms with Crippen molar-refractivity contribution in [2.45, 2.75) is 6.92 Å². The molecule has 1 heterocycles. The van der Waals surface area contributed by atoms with Gasteiger partial charge in [-0.2, -0.15) is 0 Å². The van der Waals surface area contributed by atoms with E-state index < -0.39 is 17.7 Å². The van der Waals surface area contributed by atoms with Crippen LogP contribution >= 0.6 is 11.6 Å². The van der Waals surface area contributed by atoms with E-state index in [4.69, 9.17) is 16.0 Å². The molecule has 128 valence electrons. The van der Waals surface area contributed by atoms with E-state index in [0.717, 1.165) is 6.07 Å². The number of hydrogen-bond donors (Lipinski definition) is 1. The molecule has 0 saturated carbocycles. The molecule has 5 nitrogen and oxygen atoms in total. The van der Waals surface area contributed by atoms with Crippen molar-refractivity contribution < 1.29 is 23.1 Å². The second kappa shape index (κ2) is 6.57. The number of halogens is 2. The SMILES string of the molecule is COC(=O)c1ccc(F)c(NC(=O)c2oc3ccc(Cl)cc3c2C)c1. The lowest BCUT2D eigenvalue weighted by molar-refractivity contribution is 0.0600. The zero-order chi connectivity index (χ0) is 18.1. The highest BCUT2D eigenvalue weighted by Gasteiger charge is 2.20. The molecule has 3 rings (SSSR count). The number of benzene rings is 2. The molecule has 0 aliphatic carbocycles. The Morgan fingerprint density at radius 3 is 2.68 bits per heavy atom. The molecule has 0 atom stereocenters. The number of carbonyl (C=O) groups is 2. The van der Waals surface area contributed by atoms with Crippen LogP contribution in [0.3, 0.4) is 0 Å². The Morgan fingerprint density at radius 1 is 1.20 bits per heavy atom. The van der Waals surface area contributed by atoms with Gasteiger partial charge in [0, 0.05) is 16.0 Å². The van der Waals surface area contributed by atoms with Crippen LogP contribution in [0.1, 0.15) is 26.5 Å². The Bertz CT molecular complexity index is 996. The Morgan fingerprint density at radius 2 is 1.96 bits per heavy atom. The monoisotopic (exact) mass is 361 g/mol. The van der Waals surface area contributed by atoms with E-state index in [9.17, 15) is 14.0 Å². The van der Waals surface area contributed by atoms with Crippen LogP contribution in [0.4, 0.5) is 10.1 Å². The summed E-state index contributed by atoms with van der Waals surface area (Å²) in [5.74, 6) is -1.91. The molecule has 3 aromatic rings. The standard InChI is InChI=1S/C18H13ClFNO4/c1-9-12-8-11(19)4-6-15(12)25-16(9)17(22)21-14-7-10(18(23)24-2)3-5-13(14)20/h3-8H,1-2H3,(H,21,22). The molecule has 1 aromatic heterocycles. The van der Waals surface area contributed by atoms with Crippen molar-refractivity contribution in [3.05, 3.63) is 64.1 Å². The van der Waals surface area contributed by atoms with Crippen molar-refractivity contribution in [3.8, 4) is 0 Å². The summed E-state index contributed by atoms with van der Waals surface area (Å²) in [6.07, 6.45) is 0. The first kappa shape index (κ1) is 17.0. The Labute approximate surface area is 147 Å². The fourth-order valence-corrected chi connectivity index (χ4v) is 2.63. The van der Waals surface area contributed by atoms with E-state index in [1.54, 1.807) is 25.1 Å². The summed E-state index contributed by atoms with van der Waals surface area (Å²) in [5, 5.41) is 3.62. The van der Waals surface area contributed by atoms with Gasteiger partial charge in [0.15, 0.2) is 5.76 Å². The number of esters is 1. The maximum atomic E-state index is 14.0. The second-order valence-electron chi connectivity index (χ2n) is 5.34. The number of amides is 1. The maximum Gasteiger partial charge on any atom is 0.337 e. The molecule has 1 N–H and O–H groups in total. The van der Waals surface area contributed by atoms with Crippen LogP contribution in [0.25, 0.3) is 11.0 Å². The van der Waals surface area contributed by atoms with E-state index in [0.29, 0.717) is 21.6 Å². The highest BCUT2D eigenvalue weighted by atomic mass is 35.5. The van der Waals surface area contributed by atoms with E-state index in [2.05, 4.69) is 10.1 Å². The number of carbonyl (C=O) groups excluding carboxylic acids is 2. The molecule has 0 aliphatic rings. The average molecular weight is 362 g/mol. The minimum Gasteiger partial charge on any atom is -0.465 e. The van der Waals surface area contributed by atoms with Gasteiger partial charge in [0.1, 0.15) is 11.4 Å². The van der Waals surface area contributed by atoms with Gasteiger partial charge in [-0.05, 0) is 43.3 Å². The zero-order valence-corrected chi connectivity index (χ0v) is 14.1. The van der Waals surface area contributed by atoms with Crippen molar-refractivity contribution in [1.29, 1.82) is 0 Å². The fourth-order valence-electron chi connectivity index (χ4n) is 2.45. The van der Waals surface area contributed by atoms with Crippen LogP contribution < -0.4 is 5.32 Å². The largest absolute Gasteiger partial charge is 0.465 e. The summed E-state index contributed by atoms with van der Waals surface area (Å²) in [7, 11) is 1.22. The van der Waals surface area contributed by atoms with Crippen LogP contribution in [-0.4, -0.2) is 19.0 Å². The Hall–Kier alpha value is -2.86. The van der Waals surface area contributed by atoms with Gasteiger partial charge in [-0.15, -0.1) is 0 Å². The second-order valence-corrected chi connectivity index (χ2v) is 5.77. The Kier molecular flexibility index (Phi) is 4.46. The quantitative estimate of drug-likeness (QED) is 0.694. The summed E-state index contributed by atoms with van der Waals surface area (Å²) < 4.78 is 24.1. The predicted molar refractivity (Wildman–Crippen MR) is 91.7 cm³/mol. The van der Waals surface area contributed by atoms with Gasteiger partial charge in [0.05, 0.1) is 18.4 Å². The third kappa shape index (κ3) is 3.21. The number of anilines is 1. The highest BCUT2D eigenvalue weighted by molar-refractivity contribution is 6.31. The summed E-state index contributed by atoms with van der Waals surface area (Å²) in [6.45, 7) is 1.71. The third-order valence-corrected chi connectivity index (χ3v) is 3.98. The molecule has 0 saturated heterocycles.